The Morgan fingerprint density at radius 1 is 0.262 bits per heavy atom. The molecule has 4 N–H and O–H groups in total. The van der Waals surface area contributed by atoms with Crippen LogP contribution in [-0.2, 0) is 55.8 Å². The number of phosphoric ester groups is 2. The fraction of sp³-hybridized carbons (Fsp3) is 0.629. The third-order valence-corrected chi connectivity index (χ3v) is 18.5. The first kappa shape index (κ1) is 102. The number of unbranched alkanes of at least 4 members (excludes halogenated alkanes) is 23. The molecule has 0 amide bonds. The van der Waals surface area contributed by atoms with Crippen molar-refractivity contribution in [1.29, 1.82) is 0 Å². The minimum atomic E-state index is -4.95. The van der Waals surface area contributed by atoms with Crippen LogP contribution in [0.25, 0.3) is 0 Å². The molecule has 16 nitrogen and oxygen atoms in total. The molecule has 0 fully saturated rings. The topological polar surface area (TPSA) is 231 Å². The van der Waals surface area contributed by atoms with E-state index in [1.807, 2.05) is 0 Å². The maximum atomic E-state index is 13.0. The van der Waals surface area contributed by atoms with Crippen molar-refractivity contribution in [2.24, 2.45) is 0 Å². The van der Waals surface area contributed by atoms with E-state index in [4.69, 9.17) is 32.3 Å². The Hall–Kier alpha value is -5.35. The standard InChI is InChI=1S/C89H146O16P2/c1-4-7-10-13-16-19-22-25-28-31-34-36-38-39-40-41-42-43-45-47-49-51-54-57-60-63-66-69-72-75-87(92)99-78-84(90)79-101-106(95,96)102-80-85(91)81-103-107(97,98)104-83-86(105-89(94)77-74-71-68-65-62-59-56-53-48-33-30-27-24-21-18-15-12-9-6-3)82-100-88(93)76-73-70-67-64-61-58-55-52-50-46-44-37-35-32-29-26-23-20-17-14-11-8-5-2/h7-12,16-21,25-30,34-37,39-40,46,48,50,53,59,62,84-86,90-91H,4-6,13-15,22-24,31-33,38,41-45,47,49,51-52,54-58,60-61,63-83H2,1-3H3,(H,95,96)(H,97,98)/b10-7-,11-8-,12-9-,19-16-,20-17-,21-18-,28-25-,29-26-,30-27-,36-34-,37-35-,40-39-,50-46-,53-48-,62-59-. The summed E-state index contributed by atoms with van der Waals surface area (Å²) in [6.45, 7) is 2.28. The molecule has 0 aliphatic rings. The van der Waals surface area contributed by atoms with Crippen LogP contribution >= 0.6 is 15.6 Å². The van der Waals surface area contributed by atoms with Crippen molar-refractivity contribution in [2.75, 3.05) is 39.6 Å². The number of hydrogen-bond donors (Lipinski definition) is 4. The molecule has 608 valence electrons. The van der Waals surface area contributed by atoms with Gasteiger partial charge in [-0.2, -0.15) is 0 Å². The Kier molecular flexibility index (Phi) is 76.2. The number of carbonyl (C=O) groups is 3. The molecular formula is C89H146O16P2. The molecule has 0 heterocycles. The minimum Gasteiger partial charge on any atom is -0.463 e. The number of carbonyl (C=O) groups excluding carboxylic acids is 3. The van der Waals surface area contributed by atoms with E-state index in [0.29, 0.717) is 19.3 Å². The van der Waals surface area contributed by atoms with Crippen LogP contribution in [0.5, 0.6) is 0 Å². The van der Waals surface area contributed by atoms with Gasteiger partial charge >= 0.3 is 33.6 Å². The van der Waals surface area contributed by atoms with Gasteiger partial charge in [-0.1, -0.05) is 312 Å². The molecule has 0 aliphatic heterocycles. The zero-order valence-electron chi connectivity index (χ0n) is 66.5. The fourth-order valence-corrected chi connectivity index (χ4v) is 12.1. The predicted molar refractivity (Wildman–Crippen MR) is 445 cm³/mol. The molecular weight excluding hydrogens is 1390 g/mol. The van der Waals surface area contributed by atoms with Crippen LogP contribution in [0, 0.1) is 0 Å². The summed E-state index contributed by atoms with van der Waals surface area (Å²) in [5, 5.41) is 20.7. The van der Waals surface area contributed by atoms with E-state index in [-0.39, 0.29) is 19.3 Å². The number of phosphoric acid groups is 2. The van der Waals surface area contributed by atoms with Gasteiger partial charge in [0.1, 0.15) is 25.4 Å². The van der Waals surface area contributed by atoms with Crippen LogP contribution in [0.4, 0.5) is 0 Å². The first-order valence-electron chi connectivity index (χ1n) is 41.1. The summed E-state index contributed by atoms with van der Waals surface area (Å²) >= 11 is 0. The lowest BCUT2D eigenvalue weighted by Gasteiger charge is -2.21. The smallest absolute Gasteiger partial charge is 0.463 e. The molecule has 0 aromatic rings. The molecule has 0 radical (unpaired) electrons. The van der Waals surface area contributed by atoms with Gasteiger partial charge in [-0.3, -0.25) is 32.5 Å². The van der Waals surface area contributed by atoms with Crippen LogP contribution < -0.4 is 0 Å². The van der Waals surface area contributed by atoms with Crippen LogP contribution in [-0.4, -0.2) is 95.9 Å². The number of hydrogen-bond acceptors (Lipinski definition) is 14. The van der Waals surface area contributed by atoms with E-state index >= 15 is 0 Å². The van der Waals surface area contributed by atoms with Crippen molar-refractivity contribution in [3.8, 4) is 0 Å². The molecule has 0 aliphatic carbocycles. The van der Waals surface area contributed by atoms with Crippen molar-refractivity contribution in [2.45, 2.75) is 322 Å². The third kappa shape index (κ3) is 81.5. The lowest BCUT2D eigenvalue weighted by atomic mass is 10.0. The summed E-state index contributed by atoms with van der Waals surface area (Å²) in [5.41, 5.74) is 0. The van der Waals surface area contributed by atoms with Crippen LogP contribution in [0.3, 0.4) is 0 Å². The van der Waals surface area contributed by atoms with Crippen molar-refractivity contribution in [1.82, 2.24) is 0 Å². The van der Waals surface area contributed by atoms with Crippen molar-refractivity contribution in [3.63, 3.8) is 0 Å². The summed E-state index contributed by atoms with van der Waals surface area (Å²) in [7, 11) is -9.82. The average molecular weight is 1530 g/mol. The van der Waals surface area contributed by atoms with Gasteiger partial charge in [0.05, 0.1) is 26.4 Å². The zero-order valence-corrected chi connectivity index (χ0v) is 68.3. The van der Waals surface area contributed by atoms with E-state index in [1.165, 1.54) is 57.8 Å². The van der Waals surface area contributed by atoms with E-state index in [2.05, 4.69) is 203 Å². The third-order valence-electron chi connectivity index (χ3n) is 16.6. The maximum Gasteiger partial charge on any atom is 0.472 e. The van der Waals surface area contributed by atoms with E-state index < -0.39 is 91.5 Å². The second-order valence-corrected chi connectivity index (χ2v) is 29.7. The van der Waals surface area contributed by atoms with Crippen LogP contribution in [0.15, 0.2) is 182 Å². The zero-order chi connectivity index (χ0) is 78.0. The van der Waals surface area contributed by atoms with E-state index in [9.17, 15) is 43.5 Å². The predicted octanol–water partition coefficient (Wildman–Crippen LogP) is 24.5. The highest BCUT2D eigenvalue weighted by molar-refractivity contribution is 7.47. The van der Waals surface area contributed by atoms with Gasteiger partial charge in [0.2, 0.25) is 0 Å². The first-order valence-corrected chi connectivity index (χ1v) is 44.1. The van der Waals surface area contributed by atoms with Gasteiger partial charge in [0, 0.05) is 19.3 Å². The van der Waals surface area contributed by atoms with Crippen LogP contribution in [0.1, 0.15) is 303 Å². The minimum absolute atomic E-state index is 0.0561. The molecule has 107 heavy (non-hydrogen) atoms. The summed E-state index contributed by atoms with van der Waals surface area (Å²) in [5.74, 6) is -1.63. The summed E-state index contributed by atoms with van der Waals surface area (Å²) in [6, 6.07) is 0. The van der Waals surface area contributed by atoms with Gasteiger partial charge in [-0.25, -0.2) is 9.13 Å². The largest absolute Gasteiger partial charge is 0.472 e. The second kappa shape index (κ2) is 80.2. The lowest BCUT2D eigenvalue weighted by molar-refractivity contribution is -0.161. The Labute approximate surface area is 649 Å². The van der Waals surface area contributed by atoms with Crippen LogP contribution in [0.2, 0.25) is 0 Å². The Morgan fingerprint density at radius 3 is 0.748 bits per heavy atom. The second-order valence-electron chi connectivity index (χ2n) is 26.8. The summed E-state index contributed by atoms with van der Waals surface area (Å²) in [4.78, 5) is 58.8. The van der Waals surface area contributed by atoms with E-state index in [0.717, 1.165) is 186 Å². The number of allylic oxidation sites excluding steroid dienone is 30. The molecule has 0 saturated heterocycles. The van der Waals surface area contributed by atoms with Gasteiger partial charge in [-0.05, 0) is 154 Å². The van der Waals surface area contributed by atoms with Crippen molar-refractivity contribution >= 4 is 33.6 Å². The fourth-order valence-electron chi connectivity index (χ4n) is 10.5. The van der Waals surface area contributed by atoms with Gasteiger partial charge in [0.25, 0.3) is 0 Å². The maximum absolute atomic E-state index is 13.0. The Morgan fingerprint density at radius 2 is 0.467 bits per heavy atom. The summed E-state index contributed by atoms with van der Waals surface area (Å²) < 4.78 is 61.2. The molecule has 0 saturated carbocycles. The van der Waals surface area contributed by atoms with Crippen molar-refractivity contribution < 1.29 is 75.8 Å². The number of rotatable bonds is 76. The van der Waals surface area contributed by atoms with Gasteiger partial charge in [0.15, 0.2) is 6.10 Å². The molecule has 0 spiro atoms. The van der Waals surface area contributed by atoms with Crippen molar-refractivity contribution in [3.05, 3.63) is 182 Å². The summed E-state index contributed by atoms with van der Waals surface area (Å²) in [6.07, 6.45) is 104. The quantitative estimate of drug-likeness (QED) is 0.0146. The number of esters is 3. The molecule has 5 unspecified atom stereocenters. The Balaban J connectivity index is 4.64. The number of ether oxygens (including phenoxy) is 3. The average Bonchev–Trinajstić information content (AvgIpc) is 0.907. The monoisotopic (exact) mass is 1530 g/mol. The molecule has 18 heteroatoms. The van der Waals surface area contributed by atoms with Gasteiger partial charge in [-0.15, -0.1) is 0 Å². The Bertz CT molecular complexity index is 2670. The first-order chi connectivity index (χ1) is 52.2. The molecule has 0 rings (SSSR count). The molecule has 5 atom stereocenters. The molecule has 0 aromatic heterocycles. The highest BCUT2D eigenvalue weighted by atomic mass is 31.2. The lowest BCUT2D eigenvalue weighted by Crippen LogP contribution is -2.30. The number of aliphatic hydroxyl groups excluding tert-OH is 2. The van der Waals surface area contributed by atoms with E-state index in [1.54, 1.807) is 0 Å². The SMILES string of the molecule is CC/C=C\C/C=C\C/C=C\C/C=C\C/C=C\CCCCCCCCCCCCCCCC(=O)OCC(O)COP(=O)(O)OCC(O)COP(=O)(O)OCC(COC(=O)CCCCCCCCC/C=C\C/C=C\C/C=C\C/C=C\C/C=C\CC)OC(=O)CCCCC/C=C\C/C=C\C/C=C\C/C=C\C/C=C\CC. The molecule has 0 bridgehead atoms. The highest BCUT2D eigenvalue weighted by Gasteiger charge is 2.29. The number of aliphatic hydroxyl groups is 2. The highest BCUT2D eigenvalue weighted by Crippen LogP contribution is 2.45. The molecule has 0 aromatic carbocycles. The normalized spacial score (nSPS) is 14.9. The van der Waals surface area contributed by atoms with Gasteiger partial charge < -0.3 is 34.2 Å².